The van der Waals surface area contributed by atoms with Crippen molar-refractivity contribution in [2.75, 3.05) is 11.5 Å². The van der Waals surface area contributed by atoms with Crippen LogP contribution < -0.4 is 5.32 Å². The molecule has 0 aromatic rings. The Morgan fingerprint density at radius 1 is 0.938 bits per heavy atom. The Bertz CT molecular complexity index is 705. The zero-order chi connectivity index (χ0) is 24.7. The molecule has 0 aliphatic heterocycles. The molecule has 0 aliphatic rings. The molecule has 0 rings (SSSR count). The molecule has 0 heterocycles. The number of Topliss-reactive ketones (excluding diaryl/α,β-unsaturated/α-hetero) is 1. The molecule has 6 nitrogen and oxygen atoms in total. The van der Waals surface area contributed by atoms with E-state index in [4.69, 9.17) is 0 Å². The number of rotatable bonds is 16. The van der Waals surface area contributed by atoms with Crippen molar-refractivity contribution in [3.05, 3.63) is 34.9 Å². The maximum absolute atomic E-state index is 12.4. The molecule has 32 heavy (non-hydrogen) atoms. The molecule has 7 heteroatoms. The van der Waals surface area contributed by atoms with Crippen LogP contribution in [0.2, 0.25) is 0 Å². The number of aliphatic hydroxyl groups is 1. The van der Waals surface area contributed by atoms with Gasteiger partial charge in [-0.15, -0.1) is 0 Å². The van der Waals surface area contributed by atoms with Crippen LogP contribution in [0.25, 0.3) is 0 Å². The van der Waals surface area contributed by atoms with Crippen LogP contribution in [0.3, 0.4) is 0 Å². The van der Waals surface area contributed by atoms with Gasteiger partial charge in [0.2, 0.25) is 5.91 Å². The van der Waals surface area contributed by atoms with Gasteiger partial charge in [0.15, 0.2) is 5.78 Å². The van der Waals surface area contributed by atoms with Gasteiger partial charge in [0, 0.05) is 24.9 Å². The van der Waals surface area contributed by atoms with E-state index in [0.29, 0.717) is 11.5 Å². The number of thioether (sulfide) groups is 1. The van der Waals surface area contributed by atoms with Gasteiger partial charge in [0.25, 0.3) is 0 Å². The lowest BCUT2D eigenvalue weighted by Gasteiger charge is -2.21. The van der Waals surface area contributed by atoms with Crippen LogP contribution in [0, 0.1) is 5.92 Å². The predicted octanol–water partition coefficient (Wildman–Crippen LogP) is 4.68. The normalized spacial score (nSPS) is 15.0. The average Bonchev–Trinajstić information content (AvgIpc) is 2.67. The Kier molecular flexibility index (Phi) is 15.8. The molecule has 0 bridgehead atoms. The predicted molar refractivity (Wildman–Crippen MR) is 133 cm³/mol. The summed E-state index contributed by atoms with van der Waals surface area (Å²) in [5.74, 6) is -1.85. The summed E-state index contributed by atoms with van der Waals surface area (Å²) in [5, 5.41) is 21.6. The van der Waals surface area contributed by atoms with Crippen molar-refractivity contribution in [2.24, 2.45) is 5.92 Å². The number of hydrogen-bond acceptors (Lipinski definition) is 5. The van der Waals surface area contributed by atoms with Crippen LogP contribution in [-0.2, 0) is 14.4 Å². The highest BCUT2D eigenvalue weighted by atomic mass is 32.2. The largest absolute Gasteiger partial charge is 0.481 e. The lowest BCUT2D eigenvalue weighted by molar-refractivity contribution is -0.143. The molecule has 3 atom stereocenters. The minimum absolute atomic E-state index is 0.225. The molecule has 0 spiro atoms. The molecule has 0 saturated carbocycles. The standard InChI is InChI=1S/C25H41NO5S/c1-17(2)9-7-10-18(3)11-8-12-19(4)13-14-32-16-22(25(30)31)15-23(29)24(20(5)27)26-21(6)28/h9,11,13,20,22,24,27H,7-8,10,12,14-16H2,1-6H3,(H,26,28)(H,30,31)/b18-11+,19-13+. The molecule has 0 radical (unpaired) electrons. The average molecular weight is 468 g/mol. The molecule has 3 N–H and O–H groups in total. The van der Waals surface area contributed by atoms with Gasteiger partial charge in [0.05, 0.1) is 12.0 Å². The van der Waals surface area contributed by atoms with E-state index in [0.717, 1.165) is 25.7 Å². The molecular formula is C25H41NO5S. The third-order valence-electron chi connectivity index (χ3n) is 4.98. The van der Waals surface area contributed by atoms with E-state index < -0.39 is 35.7 Å². The Morgan fingerprint density at radius 3 is 2.00 bits per heavy atom. The summed E-state index contributed by atoms with van der Waals surface area (Å²) in [5.41, 5.74) is 4.00. The Balaban J connectivity index is 4.50. The first-order valence-electron chi connectivity index (χ1n) is 11.2. The Hall–Kier alpha value is -1.86. The molecule has 0 aromatic heterocycles. The number of carboxylic acids is 1. The number of carbonyl (C=O) groups is 3. The van der Waals surface area contributed by atoms with Gasteiger partial charge in [-0.1, -0.05) is 34.9 Å². The number of nitrogens with one attached hydrogen (secondary N) is 1. The number of ketones is 1. The lowest BCUT2D eigenvalue weighted by Crippen LogP contribution is -2.47. The van der Waals surface area contributed by atoms with Crippen molar-refractivity contribution in [1.29, 1.82) is 0 Å². The van der Waals surface area contributed by atoms with Crippen molar-refractivity contribution in [3.8, 4) is 0 Å². The Morgan fingerprint density at radius 2 is 1.50 bits per heavy atom. The number of carbonyl (C=O) groups excluding carboxylic acids is 2. The maximum atomic E-state index is 12.4. The van der Waals surface area contributed by atoms with Gasteiger partial charge >= 0.3 is 5.97 Å². The van der Waals surface area contributed by atoms with E-state index in [1.807, 2.05) is 0 Å². The fourth-order valence-corrected chi connectivity index (χ4v) is 4.11. The summed E-state index contributed by atoms with van der Waals surface area (Å²) >= 11 is 1.47. The van der Waals surface area contributed by atoms with Crippen molar-refractivity contribution in [2.45, 2.75) is 85.8 Å². The topological polar surface area (TPSA) is 104 Å². The molecule has 0 fully saturated rings. The van der Waals surface area contributed by atoms with Crippen LogP contribution in [0.1, 0.15) is 73.6 Å². The van der Waals surface area contributed by atoms with Crippen LogP contribution in [0.5, 0.6) is 0 Å². The third kappa shape index (κ3) is 15.0. The van der Waals surface area contributed by atoms with E-state index in [2.05, 4.69) is 51.2 Å². The molecule has 182 valence electrons. The second-order valence-corrected chi connectivity index (χ2v) is 9.70. The zero-order valence-corrected chi connectivity index (χ0v) is 21.3. The first-order chi connectivity index (χ1) is 14.9. The summed E-state index contributed by atoms with van der Waals surface area (Å²) in [6.45, 7) is 11.1. The molecule has 0 saturated heterocycles. The van der Waals surface area contributed by atoms with E-state index in [9.17, 15) is 24.6 Å². The van der Waals surface area contributed by atoms with E-state index in [-0.39, 0.29) is 6.42 Å². The molecule has 0 aliphatic carbocycles. The summed E-state index contributed by atoms with van der Waals surface area (Å²) in [4.78, 5) is 35.2. The highest BCUT2D eigenvalue weighted by Crippen LogP contribution is 2.17. The SMILES string of the molecule is CC(=O)NC(C(=O)CC(CSC/C=C(\C)CC/C=C(\C)CCC=C(C)C)C(=O)O)C(C)O. The van der Waals surface area contributed by atoms with Crippen LogP contribution in [-0.4, -0.2) is 51.5 Å². The third-order valence-corrected chi connectivity index (χ3v) is 6.02. The second-order valence-electron chi connectivity index (χ2n) is 8.62. The first-order valence-corrected chi connectivity index (χ1v) is 12.3. The van der Waals surface area contributed by atoms with E-state index in [1.54, 1.807) is 0 Å². The summed E-state index contributed by atoms with van der Waals surface area (Å²) in [7, 11) is 0. The highest BCUT2D eigenvalue weighted by molar-refractivity contribution is 7.99. The van der Waals surface area contributed by atoms with Gasteiger partial charge in [-0.25, -0.2) is 0 Å². The molecule has 3 unspecified atom stereocenters. The number of allylic oxidation sites excluding steroid dienone is 5. The van der Waals surface area contributed by atoms with Gasteiger partial charge in [-0.3, -0.25) is 14.4 Å². The molecule has 0 aromatic carbocycles. The van der Waals surface area contributed by atoms with Crippen molar-refractivity contribution >= 4 is 29.4 Å². The lowest BCUT2D eigenvalue weighted by atomic mass is 9.97. The van der Waals surface area contributed by atoms with Gasteiger partial charge in [-0.05, 0) is 60.3 Å². The zero-order valence-electron chi connectivity index (χ0n) is 20.4. The summed E-state index contributed by atoms with van der Waals surface area (Å²) in [6.07, 6.45) is 9.45. The second kappa shape index (κ2) is 16.7. The fraction of sp³-hybridized carbons (Fsp3) is 0.640. The Labute approximate surface area is 197 Å². The monoisotopic (exact) mass is 467 g/mol. The first kappa shape index (κ1) is 30.1. The minimum Gasteiger partial charge on any atom is -0.481 e. The number of aliphatic carboxylic acids is 1. The van der Waals surface area contributed by atoms with Crippen molar-refractivity contribution in [3.63, 3.8) is 0 Å². The summed E-state index contributed by atoms with van der Waals surface area (Å²) in [6, 6.07) is -1.08. The van der Waals surface area contributed by atoms with E-state index in [1.165, 1.54) is 42.3 Å². The highest BCUT2D eigenvalue weighted by Gasteiger charge is 2.29. The molecular weight excluding hydrogens is 426 g/mol. The van der Waals surface area contributed by atoms with Crippen LogP contribution >= 0.6 is 11.8 Å². The smallest absolute Gasteiger partial charge is 0.307 e. The van der Waals surface area contributed by atoms with Crippen molar-refractivity contribution < 1.29 is 24.6 Å². The van der Waals surface area contributed by atoms with Crippen molar-refractivity contribution in [1.82, 2.24) is 5.32 Å². The summed E-state index contributed by atoms with van der Waals surface area (Å²) < 4.78 is 0. The number of hydrogen-bond donors (Lipinski definition) is 3. The van der Waals surface area contributed by atoms with Crippen LogP contribution in [0.15, 0.2) is 34.9 Å². The number of carboxylic acid groups (broad SMARTS) is 1. The number of aliphatic hydroxyl groups excluding tert-OH is 1. The van der Waals surface area contributed by atoms with Crippen LogP contribution in [0.4, 0.5) is 0 Å². The fourth-order valence-electron chi connectivity index (χ4n) is 3.03. The minimum atomic E-state index is -1.08. The quantitative estimate of drug-likeness (QED) is 0.225. The van der Waals surface area contributed by atoms with E-state index >= 15 is 0 Å². The molecule has 1 amide bonds. The van der Waals surface area contributed by atoms with Gasteiger partial charge in [0.1, 0.15) is 6.04 Å². The number of amides is 1. The maximum Gasteiger partial charge on any atom is 0.307 e. The van der Waals surface area contributed by atoms with Gasteiger partial charge in [-0.2, -0.15) is 11.8 Å². The van der Waals surface area contributed by atoms with Gasteiger partial charge < -0.3 is 15.5 Å².